The van der Waals surface area contributed by atoms with Gasteiger partial charge in [0.2, 0.25) is 0 Å². The molecule has 1 aromatic rings. The van der Waals surface area contributed by atoms with Crippen molar-refractivity contribution in [3.05, 3.63) is 11.9 Å². The highest BCUT2D eigenvalue weighted by atomic mass is 15.4. The maximum Gasteiger partial charge on any atom is 0.0965 e. The highest BCUT2D eigenvalue weighted by Crippen LogP contribution is 2.15. The molecule has 0 aromatic carbocycles. The van der Waals surface area contributed by atoms with Crippen molar-refractivity contribution in [1.29, 1.82) is 0 Å². The summed E-state index contributed by atoms with van der Waals surface area (Å²) in [7, 11) is 0. The molecule has 0 bridgehead atoms. The van der Waals surface area contributed by atoms with Crippen molar-refractivity contribution >= 4 is 0 Å². The van der Waals surface area contributed by atoms with E-state index < -0.39 is 0 Å². The van der Waals surface area contributed by atoms with Gasteiger partial charge in [-0.15, -0.1) is 5.10 Å². The zero-order valence-corrected chi connectivity index (χ0v) is 13.4. The maximum atomic E-state index is 4.21. The first kappa shape index (κ1) is 15.4. The molecule has 5 heteroatoms. The van der Waals surface area contributed by atoms with Crippen molar-refractivity contribution in [2.24, 2.45) is 5.92 Å². The van der Waals surface area contributed by atoms with E-state index in [4.69, 9.17) is 0 Å². The first-order valence-corrected chi connectivity index (χ1v) is 7.80. The largest absolute Gasteiger partial charge is 0.310 e. The predicted molar refractivity (Wildman–Crippen MR) is 81.6 cm³/mol. The Morgan fingerprint density at radius 3 is 2.60 bits per heavy atom. The normalized spacial score (nSPS) is 18.6. The predicted octanol–water partition coefficient (Wildman–Crippen LogP) is 1.85. The Morgan fingerprint density at radius 1 is 1.30 bits per heavy atom. The summed E-state index contributed by atoms with van der Waals surface area (Å²) in [4.78, 5) is 2.55. The van der Waals surface area contributed by atoms with Crippen LogP contribution in [0.4, 0.5) is 0 Å². The molecule has 0 radical (unpaired) electrons. The number of likely N-dealkylation sites (tertiary alicyclic amines) is 1. The molecule has 1 N–H and O–H groups in total. The standard InChI is InChI=1S/C15H29N5/c1-13-5-8-19(9-6-13)10-7-16-11-14-12-20(18-17-14)15(2,3)4/h12-13,16H,5-11H2,1-4H3. The first-order valence-electron chi connectivity index (χ1n) is 7.80. The zero-order chi connectivity index (χ0) is 14.6. The molecular weight excluding hydrogens is 250 g/mol. The highest BCUT2D eigenvalue weighted by molar-refractivity contribution is 4.94. The molecule has 2 rings (SSSR count). The minimum absolute atomic E-state index is 0.00967. The van der Waals surface area contributed by atoms with Gasteiger partial charge < -0.3 is 10.2 Å². The van der Waals surface area contributed by atoms with E-state index in [0.717, 1.165) is 31.2 Å². The van der Waals surface area contributed by atoms with Gasteiger partial charge in [0.05, 0.1) is 17.4 Å². The summed E-state index contributed by atoms with van der Waals surface area (Å²) in [5.74, 6) is 0.909. The summed E-state index contributed by atoms with van der Waals surface area (Å²) in [6.07, 6.45) is 4.73. The van der Waals surface area contributed by atoms with Crippen LogP contribution in [0, 0.1) is 5.92 Å². The van der Waals surface area contributed by atoms with E-state index >= 15 is 0 Å². The second-order valence-corrected chi connectivity index (χ2v) is 7.03. The number of piperidine rings is 1. The van der Waals surface area contributed by atoms with E-state index in [2.05, 4.69) is 48.2 Å². The average Bonchev–Trinajstić information content (AvgIpc) is 2.85. The van der Waals surface area contributed by atoms with Gasteiger partial charge in [-0.25, -0.2) is 4.68 Å². The molecule has 0 saturated carbocycles. The van der Waals surface area contributed by atoms with Gasteiger partial charge in [-0.1, -0.05) is 12.1 Å². The highest BCUT2D eigenvalue weighted by Gasteiger charge is 2.16. The monoisotopic (exact) mass is 279 g/mol. The van der Waals surface area contributed by atoms with Gasteiger partial charge in [0, 0.05) is 19.6 Å². The van der Waals surface area contributed by atoms with E-state index in [9.17, 15) is 0 Å². The van der Waals surface area contributed by atoms with Crippen LogP contribution in [-0.2, 0) is 12.1 Å². The zero-order valence-electron chi connectivity index (χ0n) is 13.4. The Morgan fingerprint density at radius 2 is 2.00 bits per heavy atom. The Kier molecular flexibility index (Phi) is 5.16. The van der Waals surface area contributed by atoms with Gasteiger partial charge in [-0.2, -0.15) is 0 Å². The van der Waals surface area contributed by atoms with Crippen LogP contribution in [0.3, 0.4) is 0 Å². The minimum atomic E-state index is 0.00967. The van der Waals surface area contributed by atoms with E-state index in [1.165, 1.54) is 25.9 Å². The first-order chi connectivity index (χ1) is 9.45. The number of nitrogens with one attached hydrogen (secondary N) is 1. The summed E-state index contributed by atoms with van der Waals surface area (Å²) >= 11 is 0. The molecule has 114 valence electrons. The molecular formula is C15H29N5. The third-order valence-corrected chi connectivity index (χ3v) is 4.02. The second kappa shape index (κ2) is 6.68. The van der Waals surface area contributed by atoms with Crippen molar-refractivity contribution in [2.45, 2.75) is 52.6 Å². The van der Waals surface area contributed by atoms with Crippen molar-refractivity contribution in [3.63, 3.8) is 0 Å². The topological polar surface area (TPSA) is 46.0 Å². The lowest BCUT2D eigenvalue weighted by Crippen LogP contribution is -2.37. The molecule has 0 atom stereocenters. The number of nitrogens with zero attached hydrogens (tertiary/aromatic N) is 4. The number of aromatic nitrogens is 3. The van der Waals surface area contributed by atoms with E-state index in [1.54, 1.807) is 0 Å². The lowest BCUT2D eigenvalue weighted by Gasteiger charge is -2.30. The second-order valence-electron chi connectivity index (χ2n) is 7.03. The molecule has 1 aliphatic heterocycles. The van der Waals surface area contributed by atoms with Crippen molar-refractivity contribution in [1.82, 2.24) is 25.2 Å². The number of hydrogen-bond donors (Lipinski definition) is 1. The van der Waals surface area contributed by atoms with Crippen LogP contribution in [0.2, 0.25) is 0 Å². The Balaban J connectivity index is 1.65. The van der Waals surface area contributed by atoms with Crippen LogP contribution in [0.5, 0.6) is 0 Å². The summed E-state index contributed by atoms with van der Waals surface area (Å²) in [5, 5.41) is 11.9. The molecule has 5 nitrogen and oxygen atoms in total. The SMILES string of the molecule is CC1CCN(CCNCc2cn(C(C)(C)C)nn2)CC1. The molecule has 0 unspecified atom stereocenters. The molecule has 0 amide bonds. The number of rotatable bonds is 5. The fourth-order valence-corrected chi connectivity index (χ4v) is 2.45. The minimum Gasteiger partial charge on any atom is -0.310 e. The fourth-order valence-electron chi connectivity index (χ4n) is 2.45. The van der Waals surface area contributed by atoms with Crippen LogP contribution in [0.1, 0.15) is 46.2 Å². The van der Waals surface area contributed by atoms with E-state index in [-0.39, 0.29) is 5.54 Å². The third kappa shape index (κ3) is 4.56. The van der Waals surface area contributed by atoms with Crippen molar-refractivity contribution in [3.8, 4) is 0 Å². The molecule has 1 saturated heterocycles. The molecule has 0 spiro atoms. The van der Waals surface area contributed by atoms with Gasteiger partial charge in [0.1, 0.15) is 0 Å². The van der Waals surface area contributed by atoms with Crippen LogP contribution >= 0.6 is 0 Å². The smallest absolute Gasteiger partial charge is 0.0965 e. The lowest BCUT2D eigenvalue weighted by atomic mass is 9.99. The molecule has 2 heterocycles. The lowest BCUT2D eigenvalue weighted by molar-refractivity contribution is 0.193. The van der Waals surface area contributed by atoms with Crippen LogP contribution in [-0.4, -0.2) is 46.1 Å². The van der Waals surface area contributed by atoms with Gasteiger partial charge in [0.25, 0.3) is 0 Å². The summed E-state index contributed by atoms with van der Waals surface area (Å²) in [6.45, 7) is 14.2. The quantitative estimate of drug-likeness (QED) is 0.836. The Labute approximate surface area is 122 Å². The summed E-state index contributed by atoms with van der Waals surface area (Å²) < 4.78 is 1.93. The van der Waals surface area contributed by atoms with Crippen LogP contribution in [0.15, 0.2) is 6.20 Å². The van der Waals surface area contributed by atoms with Crippen molar-refractivity contribution < 1.29 is 0 Å². The van der Waals surface area contributed by atoms with Gasteiger partial charge in [0.15, 0.2) is 0 Å². The van der Waals surface area contributed by atoms with Crippen LogP contribution in [0.25, 0.3) is 0 Å². The third-order valence-electron chi connectivity index (χ3n) is 4.02. The van der Waals surface area contributed by atoms with Crippen molar-refractivity contribution in [2.75, 3.05) is 26.2 Å². The maximum absolute atomic E-state index is 4.21. The average molecular weight is 279 g/mol. The van der Waals surface area contributed by atoms with E-state index in [1.807, 2.05) is 10.9 Å². The summed E-state index contributed by atoms with van der Waals surface area (Å²) in [6, 6.07) is 0. The summed E-state index contributed by atoms with van der Waals surface area (Å²) in [5.41, 5.74) is 1.03. The van der Waals surface area contributed by atoms with E-state index in [0.29, 0.717) is 0 Å². The van der Waals surface area contributed by atoms with Gasteiger partial charge in [-0.3, -0.25) is 0 Å². The van der Waals surface area contributed by atoms with Crippen LogP contribution < -0.4 is 5.32 Å². The fraction of sp³-hybridized carbons (Fsp3) is 0.867. The Hall–Kier alpha value is -0.940. The Bertz CT molecular complexity index is 399. The molecule has 1 aromatic heterocycles. The number of hydrogen-bond acceptors (Lipinski definition) is 4. The van der Waals surface area contributed by atoms with Gasteiger partial charge in [-0.05, 0) is 52.6 Å². The molecule has 20 heavy (non-hydrogen) atoms. The molecule has 1 aliphatic rings. The van der Waals surface area contributed by atoms with Gasteiger partial charge >= 0.3 is 0 Å². The molecule has 0 aliphatic carbocycles. The molecule has 1 fully saturated rings.